The van der Waals surface area contributed by atoms with Gasteiger partial charge in [0.25, 0.3) is 5.69 Å². The lowest BCUT2D eigenvalue weighted by molar-refractivity contribution is -0.384. The Morgan fingerprint density at radius 2 is 2.29 bits per heavy atom. The fraction of sp³-hybridized carbons (Fsp3) is 0.333. The second-order valence-electron chi connectivity index (χ2n) is 3.07. The lowest BCUT2D eigenvalue weighted by Gasteiger charge is -2.06. The van der Waals surface area contributed by atoms with E-state index < -0.39 is 4.92 Å². The number of nitro benzene ring substituents is 1. The molecule has 0 saturated heterocycles. The molecule has 0 aliphatic heterocycles. The maximum absolute atomic E-state index is 10.4. The first-order chi connectivity index (χ1) is 6.63. The molecule has 76 valence electrons. The van der Waals surface area contributed by atoms with Crippen molar-refractivity contribution in [1.82, 2.24) is 0 Å². The first-order valence-electron chi connectivity index (χ1n) is 4.23. The molecular weight excluding hydrogens is 184 g/mol. The summed E-state index contributed by atoms with van der Waals surface area (Å²) in [5, 5.41) is 19.1. The summed E-state index contributed by atoms with van der Waals surface area (Å²) in [6, 6.07) is 5.89. The van der Waals surface area contributed by atoms with Crippen molar-refractivity contribution in [3.05, 3.63) is 39.9 Å². The zero-order chi connectivity index (χ0) is 10.6. The third-order valence-corrected chi connectivity index (χ3v) is 1.85. The fourth-order valence-electron chi connectivity index (χ4n) is 1.16. The van der Waals surface area contributed by atoms with Crippen LogP contribution < -0.4 is 5.73 Å². The number of rotatable bonds is 4. The maximum Gasteiger partial charge on any atom is 0.269 e. The van der Waals surface area contributed by atoms with Crippen molar-refractivity contribution in [1.29, 1.82) is 0 Å². The molecule has 14 heavy (non-hydrogen) atoms. The van der Waals surface area contributed by atoms with E-state index in [4.69, 9.17) is 10.8 Å². The van der Waals surface area contributed by atoms with Gasteiger partial charge in [-0.2, -0.15) is 0 Å². The summed E-state index contributed by atoms with van der Waals surface area (Å²) in [4.78, 5) is 9.98. The van der Waals surface area contributed by atoms with Crippen LogP contribution in [0.1, 0.15) is 5.56 Å². The van der Waals surface area contributed by atoms with E-state index in [0.717, 1.165) is 5.56 Å². The van der Waals surface area contributed by atoms with E-state index in [2.05, 4.69) is 0 Å². The first kappa shape index (κ1) is 10.6. The van der Waals surface area contributed by atoms with Crippen molar-refractivity contribution in [2.75, 3.05) is 6.61 Å². The van der Waals surface area contributed by atoms with Gasteiger partial charge in [0.2, 0.25) is 0 Å². The summed E-state index contributed by atoms with van der Waals surface area (Å²) in [5.74, 6) is 0. The molecular formula is C9H12N2O3. The zero-order valence-corrected chi connectivity index (χ0v) is 7.59. The third kappa shape index (κ3) is 2.79. The summed E-state index contributed by atoms with van der Waals surface area (Å²) < 4.78 is 0. The van der Waals surface area contributed by atoms with Crippen LogP contribution >= 0.6 is 0 Å². The molecule has 3 N–H and O–H groups in total. The molecule has 0 amide bonds. The van der Waals surface area contributed by atoms with Crippen molar-refractivity contribution in [3.8, 4) is 0 Å². The molecule has 1 rings (SSSR count). The van der Waals surface area contributed by atoms with Gasteiger partial charge in [-0.15, -0.1) is 0 Å². The quantitative estimate of drug-likeness (QED) is 0.540. The first-order valence-corrected chi connectivity index (χ1v) is 4.23. The van der Waals surface area contributed by atoms with Crippen LogP contribution in [0.25, 0.3) is 0 Å². The van der Waals surface area contributed by atoms with Gasteiger partial charge in [-0.05, 0) is 12.0 Å². The summed E-state index contributed by atoms with van der Waals surface area (Å²) in [6.45, 7) is -0.122. The number of aliphatic hydroxyl groups excluding tert-OH is 1. The van der Waals surface area contributed by atoms with Crippen LogP contribution in [0.3, 0.4) is 0 Å². The van der Waals surface area contributed by atoms with Gasteiger partial charge in [-0.1, -0.05) is 12.1 Å². The Kier molecular flexibility index (Phi) is 3.55. The van der Waals surface area contributed by atoms with Gasteiger partial charge in [-0.25, -0.2) is 0 Å². The van der Waals surface area contributed by atoms with E-state index in [0.29, 0.717) is 6.42 Å². The standard InChI is InChI=1S/C9H12N2O3/c10-8(6-12)4-7-2-1-3-9(5-7)11(13)14/h1-3,5,8,12H,4,6,10H2. The summed E-state index contributed by atoms with van der Waals surface area (Å²) in [7, 11) is 0. The summed E-state index contributed by atoms with van der Waals surface area (Å²) in [5.41, 5.74) is 6.32. The van der Waals surface area contributed by atoms with Crippen molar-refractivity contribution < 1.29 is 10.0 Å². The average molecular weight is 196 g/mol. The molecule has 0 radical (unpaired) electrons. The number of benzene rings is 1. The molecule has 0 spiro atoms. The van der Waals surface area contributed by atoms with E-state index in [1.807, 2.05) is 0 Å². The smallest absolute Gasteiger partial charge is 0.269 e. The molecule has 1 aromatic carbocycles. The molecule has 0 aliphatic rings. The second kappa shape index (κ2) is 4.69. The van der Waals surface area contributed by atoms with Crippen LogP contribution in [-0.4, -0.2) is 22.7 Å². The van der Waals surface area contributed by atoms with Gasteiger partial charge in [0.05, 0.1) is 11.5 Å². The molecule has 1 atom stereocenters. The van der Waals surface area contributed by atoms with Crippen molar-refractivity contribution in [2.45, 2.75) is 12.5 Å². The molecule has 0 saturated carbocycles. The Balaban J connectivity index is 2.78. The number of hydrogen-bond donors (Lipinski definition) is 2. The highest BCUT2D eigenvalue weighted by Gasteiger charge is 2.07. The van der Waals surface area contributed by atoms with Crippen LogP contribution in [-0.2, 0) is 6.42 Å². The number of hydrogen-bond acceptors (Lipinski definition) is 4. The van der Waals surface area contributed by atoms with Crippen LogP contribution in [0.4, 0.5) is 5.69 Å². The van der Waals surface area contributed by atoms with Crippen LogP contribution in [0, 0.1) is 10.1 Å². The molecule has 0 fully saturated rings. The highest BCUT2D eigenvalue weighted by Crippen LogP contribution is 2.13. The van der Waals surface area contributed by atoms with Gasteiger partial charge in [0, 0.05) is 18.2 Å². The van der Waals surface area contributed by atoms with E-state index >= 15 is 0 Å². The van der Waals surface area contributed by atoms with E-state index in [1.165, 1.54) is 12.1 Å². The van der Waals surface area contributed by atoms with Crippen LogP contribution in [0.2, 0.25) is 0 Å². The van der Waals surface area contributed by atoms with E-state index in [1.54, 1.807) is 12.1 Å². The average Bonchev–Trinajstić information content (AvgIpc) is 2.18. The predicted molar refractivity (Wildman–Crippen MR) is 51.9 cm³/mol. The molecule has 0 aliphatic carbocycles. The largest absolute Gasteiger partial charge is 0.395 e. The van der Waals surface area contributed by atoms with Gasteiger partial charge in [0.1, 0.15) is 0 Å². The molecule has 1 unspecified atom stereocenters. The Bertz CT molecular complexity index is 328. The summed E-state index contributed by atoms with van der Waals surface area (Å²) in [6.07, 6.45) is 0.443. The molecule has 1 aromatic rings. The molecule has 0 heterocycles. The van der Waals surface area contributed by atoms with Gasteiger partial charge < -0.3 is 10.8 Å². The van der Waals surface area contributed by atoms with Crippen LogP contribution in [0.15, 0.2) is 24.3 Å². The predicted octanol–water partition coefficient (Wildman–Crippen LogP) is 0.457. The van der Waals surface area contributed by atoms with Crippen LogP contribution in [0.5, 0.6) is 0 Å². The number of nitrogens with zero attached hydrogens (tertiary/aromatic N) is 1. The molecule has 0 aromatic heterocycles. The van der Waals surface area contributed by atoms with Gasteiger partial charge >= 0.3 is 0 Å². The van der Waals surface area contributed by atoms with Gasteiger partial charge in [0.15, 0.2) is 0 Å². The Hall–Kier alpha value is -1.46. The minimum Gasteiger partial charge on any atom is -0.395 e. The van der Waals surface area contributed by atoms with Crippen molar-refractivity contribution in [3.63, 3.8) is 0 Å². The number of nitrogens with two attached hydrogens (primary N) is 1. The molecule has 0 bridgehead atoms. The SMILES string of the molecule is NC(CO)Cc1cccc([N+](=O)[O-])c1. The number of nitro groups is 1. The fourth-order valence-corrected chi connectivity index (χ4v) is 1.16. The summed E-state index contributed by atoms with van der Waals surface area (Å²) >= 11 is 0. The minimum absolute atomic E-state index is 0.0487. The molecule has 5 heteroatoms. The highest BCUT2D eigenvalue weighted by molar-refractivity contribution is 5.34. The minimum atomic E-state index is -0.450. The van der Waals surface area contributed by atoms with E-state index in [-0.39, 0.29) is 18.3 Å². The second-order valence-corrected chi connectivity index (χ2v) is 3.07. The number of aliphatic hydroxyl groups is 1. The third-order valence-electron chi connectivity index (χ3n) is 1.85. The normalized spacial score (nSPS) is 12.4. The lowest BCUT2D eigenvalue weighted by atomic mass is 10.1. The Morgan fingerprint density at radius 1 is 1.57 bits per heavy atom. The van der Waals surface area contributed by atoms with Gasteiger partial charge in [-0.3, -0.25) is 10.1 Å². The Labute approximate surface area is 81.3 Å². The zero-order valence-electron chi connectivity index (χ0n) is 7.59. The van der Waals surface area contributed by atoms with Crippen molar-refractivity contribution >= 4 is 5.69 Å². The monoisotopic (exact) mass is 196 g/mol. The lowest BCUT2D eigenvalue weighted by Crippen LogP contribution is -2.26. The topological polar surface area (TPSA) is 89.4 Å². The van der Waals surface area contributed by atoms with Crippen molar-refractivity contribution in [2.24, 2.45) is 5.73 Å². The van der Waals surface area contributed by atoms with E-state index in [9.17, 15) is 10.1 Å². The number of non-ortho nitro benzene ring substituents is 1. The molecule has 5 nitrogen and oxygen atoms in total. The highest BCUT2D eigenvalue weighted by atomic mass is 16.6. The Morgan fingerprint density at radius 3 is 2.86 bits per heavy atom. The maximum atomic E-state index is 10.4.